The van der Waals surface area contributed by atoms with Crippen molar-refractivity contribution in [3.05, 3.63) is 32.5 Å². The average Bonchev–Trinajstić information content (AvgIpc) is 2.49. The normalized spacial score (nSPS) is 10.5. The largest absolute Gasteiger partial charge is 0.335 e. The van der Waals surface area contributed by atoms with Crippen LogP contribution >= 0.6 is 39.7 Å². The lowest BCUT2D eigenvalue weighted by Crippen LogP contribution is -2.10. The van der Waals surface area contributed by atoms with Crippen LogP contribution in [0.1, 0.15) is 0 Å². The van der Waals surface area contributed by atoms with Crippen molar-refractivity contribution in [1.82, 2.24) is 14.9 Å². The SMILES string of the molecule is Nn1c(-c2ccc(Cl)cc2Br)n[nH]c1=S. The van der Waals surface area contributed by atoms with Gasteiger partial charge in [-0.1, -0.05) is 11.6 Å². The van der Waals surface area contributed by atoms with Crippen LogP contribution in [0.15, 0.2) is 22.7 Å². The summed E-state index contributed by atoms with van der Waals surface area (Å²) in [6.07, 6.45) is 0. The van der Waals surface area contributed by atoms with E-state index in [-0.39, 0.29) is 0 Å². The molecule has 1 aromatic carbocycles. The number of benzene rings is 1. The average molecular weight is 306 g/mol. The monoisotopic (exact) mass is 304 g/mol. The zero-order valence-electron chi connectivity index (χ0n) is 7.37. The summed E-state index contributed by atoms with van der Waals surface area (Å²) in [5, 5.41) is 7.28. The molecule has 0 aliphatic carbocycles. The molecule has 0 saturated carbocycles. The number of nitrogen functional groups attached to an aromatic ring is 1. The number of H-pyrrole nitrogens is 1. The number of halogens is 2. The highest BCUT2D eigenvalue weighted by molar-refractivity contribution is 9.10. The number of aromatic nitrogens is 3. The molecular formula is C8H6BrClN4S. The first-order valence-corrected chi connectivity index (χ1v) is 5.55. The second kappa shape index (κ2) is 3.96. The quantitative estimate of drug-likeness (QED) is 0.629. The van der Waals surface area contributed by atoms with Crippen molar-refractivity contribution in [1.29, 1.82) is 0 Å². The van der Waals surface area contributed by atoms with Crippen molar-refractivity contribution < 1.29 is 0 Å². The lowest BCUT2D eigenvalue weighted by Gasteiger charge is -2.03. The number of hydrogen-bond acceptors (Lipinski definition) is 3. The van der Waals surface area contributed by atoms with E-state index >= 15 is 0 Å². The lowest BCUT2D eigenvalue weighted by atomic mass is 10.2. The van der Waals surface area contributed by atoms with E-state index in [0.717, 1.165) is 10.0 Å². The molecular weight excluding hydrogens is 300 g/mol. The first-order valence-electron chi connectivity index (χ1n) is 3.97. The van der Waals surface area contributed by atoms with Crippen LogP contribution in [0.25, 0.3) is 11.4 Å². The van der Waals surface area contributed by atoms with E-state index < -0.39 is 0 Å². The Hall–Kier alpha value is -0.850. The Kier molecular flexibility index (Phi) is 2.81. The van der Waals surface area contributed by atoms with E-state index in [1.165, 1.54) is 4.68 Å². The van der Waals surface area contributed by atoms with E-state index in [1.807, 2.05) is 6.07 Å². The van der Waals surface area contributed by atoms with Crippen molar-refractivity contribution in [3.63, 3.8) is 0 Å². The summed E-state index contributed by atoms with van der Waals surface area (Å²) in [6, 6.07) is 5.36. The van der Waals surface area contributed by atoms with Crippen LogP contribution in [0.4, 0.5) is 0 Å². The predicted octanol–water partition coefficient (Wildman–Crippen LogP) is 2.74. The number of nitrogens with zero attached hydrogens (tertiary/aromatic N) is 2. The molecule has 0 fully saturated rings. The van der Waals surface area contributed by atoms with Gasteiger partial charge in [-0.2, -0.15) is 5.10 Å². The molecule has 0 radical (unpaired) electrons. The van der Waals surface area contributed by atoms with Gasteiger partial charge in [0.05, 0.1) is 0 Å². The van der Waals surface area contributed by atoms with Gasteiger partial charge in [0.25, 0.3) is 0 Å². The van der Waals surface area contributed by atoms with E-state index in [0.29, 0.717) is 15.6 Å². The Morgan fingerprint density at radius 1 is 1.53 bits per heavy atom. The minimum Gasteiger partial charge on any atom is -0.335 e. The van der Waals surface area contributed by atoms with Crippen molar-refractivity contribution in [3.8, 4) is 11.4 Å². The Morgan fingerprint density at radius 2 is 2.27 bits per heavy atom. The number of nitrogens with one attached hydrogen (secondary N) is 1. The standard InChI is InChI=1S/C8H6BrClN4S/c9-6-3-4(10)1-2-5(6)7-12-13-8(15)14(7)11/h1-3H,11H2,(H,13,15). The fraction of sp³-hybridized carbons (Fsp3) is 0. The van der Waals surface area contributed by atoms with Gasteiger partial charge in [0, 0.05) is 15.1 Å². The number of nitrogens with two attached hydrogens (primary N) is 1. The molecule has 2 rings (SSSR count). The highest BCUT2D eigenvalue weighted by Gasteiger charge is 2.10. The molecule has 0 atom stereocenters. The number of aromatic amines is 1. The van der Waals surface area contributed by atoms with Crippen molar-refractivity contribution in [2.45, 2.75) is 0 Å². The first-order chi connectivity index (χ1) is 7.09. The maximum absolute atomic E-state index is 5.83. The highest BCUT2D eigenvalue weighted by Crippen LogP contribution is 2.28. The molecule has 0 saturated heterocycles. The summed E-state index contributed by atoms with van der Waals surface area (Å²) in [6.45, 7) is 0. The van der Waals surface area contributed by atoms with Crippen molar-refractivity contribution in [2.75, 3.05) is 5.84 Å². The molecule has 7 heteroatoms. The molecule has 2 aromatic rings. The molecule has 4 nitrogen and oxygen atoms in total. The molecule has 78 valence electrons. The molecule has 0 aliphatic heterocycles. The van der Waals surface area contributed by atoms with Gasteiger partial charge >= 0.3 is 0 Å². The van der Waals surface area contributed by atoms with Gasteiger partial charge < -0.3 is 5.84 Å². The van der Waals surface area contributed by atoms with E-state index in [9.17, 15) is 0 Å². The van der Waals surface area contributed by atoms with E-state index in [2.05, 4.69) is 26.1 Å². The van der Waals surface area contributed by atoms with Crippen LogP contribution in [0.5, 0.6) is 0 Å². The van der Waals surface area contributed by atoms with Crippen LogP contribution in [0.3, 0.4) is 0 Å². The van der Waals surface area contributed by atoms with Gasteiger partial charge in [-0.05, 0) is 46.3 Å². The summed E-state index contributed by atoms with van der Waals surface area (Å²) in [7, 11) is 0. The predicted molar refractivity (Wildman–Crippen MR) is 65.7 cm³/mol. The Morgan fingerprint density at radius 3 is 2.80 bits per heavy atom. The number of hydrogen-bond donors (Lipinski definition) is 2. The van der Waals surface area contributed by atoms with Gasteiger partial charge in [-0.15, -0.1) is 0 Å². The summed E-state index contributed by atoms with van der Waals surface area (Å²) < 4.78 is 2.49. The third kappa shape index (κ3) is 1.92. The summed E-state index contributed by atoms with van der Waals surface area (Å²) in [4.78, 5) is 0. The molecule has 15 heavy (non-hydrogen) atoms. The van der Waals surface area contributed by atoms with E-state index in [4.69, 9.17) is 29.7 Å². The zero-order chi connectivity index (χ0) is 11.0. The zero-order valence-corrected chi connectivity index (χ0v) is 10.5. The molecule has 0 unspecified atom stereocenters. The Bertz CT molecular complexity index is 562. The van der Waals surface area contributed by atoms with Crippen LogP contribution in [-0.4, -0.2) is 14.9 Å². The summed E-state index contributed by atoms with van der Waals surface area (Å²) in [5.74, 6) is 6.27. The summed E-state index contributed by atoms with van der Waals surface area (Å²) in [5.41, 5.74) is 0.828. The van der Waals surface area contributed by atoms with Crippen molar-refractivity contribution in [2.24, 2.45) is 0 Å². The first kappa shape index (κ1) is 10.7. The maximum Gasteiger partial charge on any atom is 0.214 e. The molecule has 0 bridgehead atoms. The van der Waals surface area contributed by atoms with Gasteiger partial charge in [0.1, 0.15) is 0 Å². The smallest absolute Gasteiger partial charge is 0.214 e. The van der Waals surface area contributed by atoms with Gasteiger partial charge in [0.15, 0.2) is 5.82 Å². The summed E-state index contributed by atoms with van der Waals surface area (Å²) >= 11 is 14.1. The highest BCUT2D eigenvalue weighted by atomic mass is 79.9. The molecule has 1 aromatic heterocycles. The fourth-order valence-corrected chi connectivity index (χ4v) is 2.16. The molecule has 1 heterocycles. The van der Waals surface area contributed by atoms with E-state index in [1.54, 1.807) is 12.1 Å². The molecule has 3 N–H and O–H groups in total. The second-order valence-corrected chi connectivity index (χ2v) is 4.52. The Balaban J connectivity index is 2.64. The minimum absolute atomic E-state index is 0.367. The fourth-order valence-electron chi connectivity index (χ4n) is 1.17. The lowest BCUT2D eigenvalue weighted by molar-refractivity contribution is 0.983. The van der Waals surface area contributed by atoms with Crippen LogP contribution in [0, 0.1) is 4.77 Å². The maximum atomic E-state index is 5.83. The number of rotatable bonds is 1. The van der Waals surface area contributed by atoms with Gasteiger partial charge in [-0.3, -0.25) is 0 Å². The van der Waals surface area contributed by atoms with Gasteiger partial charge in [-0.25, -0.2) is 9.77 Å². The van der Waals surface area contributed by atoms with Crippen LogP contribution < -0.4 is 5.84 Å². The van der Waals surface area contributed by atoms with Gasteiger partial charge in [0.2, 0.25) is 4.77 Å². The molecule has 0 spiro atoms. The Labute approximate surface area is 104 Å². The third-order valence-corrected chi connectivity index (χ3v) is 3.06. The molecule has 0 aliphatic rings. The molecule has 0 amide bonds. The van der Waals surface area contributed by atoms with Crippen LogP contribution in [-0.2, 0) is 0 Å². The second-order valence-electron chi connectivity index (χ2n) is 2.85. The topological polar surface area (TPSA) is 59.6 Å². The van der Waals surface area contributed by atoms with Crippen LogP contribution in [0.2, 0.25) is 5.02 Å². The van der Waals surface area contributed by atoms with Crippen molar-refractivity contribution >= 4 is 39.7 Å². The third-order valence-electron chi connectivity index (χ3n) is 1.88. The minimum atomic E-state index is 0.367.